The molecule has 0 aliphatic rings. The molecule has 7 nitrogen and oxygen atoms in total. The van der Waals surface area contributed by atoms with Crippen molar-refractivity contribution in [3.8, 4) is 0 Å². The third kappa shape index (κ3) is 6.37. The summed E-state index contributed by atoms with van der Waals surface area (Å²) in [5.74, 6) is -1.31. The van der Waals surface area contributed by atoms with Crippen LogP contribution in [0.4, 0.5) is 4.79 Å². The summed E-state index contributed by atoms with van der Waals surface area (Å²) in [6, 6.07) is 7.56. The van der Waals surface area contributed by atoms with Crippen LogP contribution in [0, 0.1) is 5.92 Å². The van der Waals surface area contributed by atoms with Crippen LogP contribution >= 0.6 is 0 Å². The average molecular weight is 321 g/mol. The molecule has 0 aromatic heterocycles. The molecule has 0 saturated carbocycles. The smallest absolute Gasteiger partial charge is 0.408 e. The van der Waals surface area contributed by atoms with Crippen LogP contribution in [0.15, 0.2) is 30.3 Å². The van der Waals surface area contributed by atoms with Gasteiger partial charge < -0.3 is 21.1 Å². The van der Waals surface area contributed by atoms with Crippen LogP contribution in [0.1, 0.15) is 26.3 Å². The second-order valence-electron chi connectivity index (χ2n) is 5.56. The molecule has 0 aliphatic carbocycles. The van der Waals surface area contributed by atoms with E-state index in [1.165, 1.54) is 6.92 Å². The number of nitrogens with one attached hydrogen (secondary N) is 2. The fourth-order valence-corrected chi connectivity index (χ4v) is 1.80. The normalized spacial score (nSPS) is 13.0. The van der Waals surface area contributed by atoms with E-state index in [-0.39, 0.29) is 12.5 Å². The van der Waals surface area contributed by atoms with Crippen molar-refractivity contribution in [2.24, 2.45) is 11.7 Å². The molecule has 2 atom stereocenters. The van der Waals surface area contributed by atoms with Crippen LogP contribution in [0.5, 0.6) is 0 Å². The Hall–Kier alpha value is -2.57. The Balaban J connectivity index is 2.56. The van der Waals surface area contributed by atoms with Gasteiger partial charge in [-0.2, -0.15) is 0 Å². The highest BCUT2D eigenvalue weighted by Gasteiger charge is 2.26. The molecule has 0 saturated heterocycles. The van der Waals surface area contributed by atoms with Crippen molar-refractivity contribution in [1.29, 1.82) is 0 Å². The van der Waals surface area contributed by atoms with Gasteiger partial charge in [-0.1, -0.05) is 44.2 Å². The molecule has 1 rings (SSSR count). The lowest BCUT2D eigenvalue weighted by atomic mass is 10.0. The first kappa shape index (κ1) is 18.5. The lowest BCUT2D eigenvalue weighted by molar-refractivity contribution is -0.128. The minimum atomic E-state index is -0.819. The highest BCUT2D eigenvalue weighted by Crippen LogP contribution is 2.05. The van der Waals surface area contributed by atoms with Crippen molar-refractivity contribution >= 4 is 17.9 Å². The summed E-state index contributed by atoms with van der Waals surface area (Å²) < 4.78 is 5.09. The van der Waals surface area contributed by atoms with Crippen LogP contribution in [0.3, 0.4) is 0 Å². The zero-order valence-corrected chi connectivity index (χ0v) is 13.5. The van der Waals surface area contributed by atoms with E-state index in [1.807, 2.05) is 30.3 Å². The maximum atomic E-state index is 12.1. The van der Waals surface area contributed by atoms with E-state index >= 15 is 0 Å². The summed E-state index contributed by atoms with van der Waals surface area (Å²) in [5.41, 5.74) is 5.95. The van der Waals surface area contributed by atoms with E-state index in [1.54, 1.807) is 13.8 Å². The molecular weight excluding hydrogens is 298 g/mol. The second kappa shape index (κ2) is 8.77. The number of hydrogen-bond acceptors (Lipinski definition) is 4. The zero-order chi connectivity index (χ0) is 17.4. The van der Waals surface area contributed by atoms with Crippen LogP contribution in [-0.4, -0.2) is 30.0 Å². The molecule has 0 aliphatic heterocycles. The van der Waals surface area contributed by atoms with Crippen LogP contribution in [-0.2, 0) is 20.9 Å². The maximum Gasteiger partial charge on any atom is 0.408 e. The average Bonchev–Trinajstić information content (AvgIpc) is 2.51. The van der Waals surface area contributed by atoms with Gasteiger partial charge in [-0.05, 0) is 18.4 Å². The molecule has 23 heavy (non-hydrogen) atoms. The first-order chi connectivity index (χ1) is 10.8. The van der Waals surface area contributed by atoms with E-state index in [4.69, 9.17) is 10.5 Å². The Morgan fingerprint density at radius 3 is 2.22 bits per heavy atom. The number of amides is 3. The number of rotatable bonds is 7. The Kier molecular flexibility index (Phi) is 7.05. The van der Waals surface area contributed by atoms with Crippen molar-refractivity contribution in [2.45, 2.75) is 39.5 Å². The third-order valence-electron chi connectivity index (χ3n) is 3.22. The standard InChI is InChI=1S/C16H23N3O4/c1-10(2)13(15(21)18-11(3)14(17)20)19-16(22)23-9-12-7-5-4-6-8-12/h4-8,10-11,13H,9H2,1-3H3,(H2,17,20)(H,18,21)(H,19,22)/t11-,13+/m0/s1. The van der Waals surface area contributed by atoms with Crippen molar-refractivity contribution < 1.29 is 19.1 Å². The van der Waals surface area contributed by atoms with Crippen LogP contribution in [0.25, 0.3) is 0 Å². The Bertz CT molecular complexity index is 546. The molecule has 1 aromatic carbocycles. The first-order valence-corrected chi connectivity index (χ1v) is 7.38. The molecule has 0 fully saturated rings. The van der Waals surface area contributed by atoms with Gasteiger partial charge in [-0.15, -0.1) is 0 Å². The Morgan fingerprint density at radius 1 is 1.09 bits per heavy atom. The molecule has 0 spiro atoms. The molecule has 126 valence electrons. The van der Waals surface area contributed by atoms with Gasteiger partial charge in [0.15, 0.2) is 0 Å². The van der Waals surface area contributed by atoms with Crippen LogP contribution in [0.2, 0.25) is 0 Å². The summed E-state index contributed by atoms with van der Waals surface area (Å²) in [7, 11) is 0. The van der Waals surface area contributed by atoms with Gasteiger partial charge in [0.05, 0.1) is 0 Å². The number of alkyl carbamates (subject to hydrolysis) is 1. The largest absolute Gasteiger partial charge is 0.445 e. The number of ether oxygens (including phenoxy) is 1. The molecule has 0 bridgehead atoms. The van der Waals surface area contributed by atoms with Crippen LogP contribution < -0.4 is 16.4 Å². The first-order valence-electron chi connectivity index (χ1n) is 7.38. The van der Waals surface area contributed by atoms with Gasteiger partial charge in [0.2, 0.25) is 11.8 Å². The number of benzene rings is 1. The molecular formula is C16H23N3O4. The molecule has 0 radical (unpaired) electrons. The number of hydrogen-bond donors (Lipinski definition) is 3. The molecule has 1 aromatic rings. The van der Waals surface area contributed by atoms with Crippen molar-refractivity contribution in [3.05, 3.63) is 35.9 Å². The molecule has 3 amide bonds. The molecule has 7 heteroatoms. The minimum absolute atomic E-state index is 0.108. The van der Waals surface area contributed by atoms with Gasteiger partial charge in [0.1, 0.15) is 18.7 Å². The van der Waals surface area contributed by atoms with Gasteiger partial charge >= 0.3 is 6.09 Å². The third-order valence-corrected chi connectivity index (χ3v) is 3.22. The Labute approximate surface area is 135 Å². The SMILES string of the molecule is CC(C)[C@@H](NC(=O)OCc1ccccc1)C(=O)N[C@@H](C)C(N)=O. The predicted octanol–water partition coefficient (Wildman–Crippen LogP) is 0.927. The fraction of sp³-hybridized carbons (Fsp3) is 0.438. The predicted molar refractivity (Wildman–Crippen MR) is 85.2 cm³/mol. The topological polar surface area (TPSA) is 111 Å². The second-order valence-corrected chi connectivity index (χ2v) is 5.56. The lowest BCUT2D eigenvalue weighted by Gasteiger charge is -2.22. The molecule has 0 heterocycles. The Morgan fingerprint density at radius 2 is 1.70 bits per heavy atom. The minimum Gasteiger partial charge on any atom is -0.445 e. The number of primary amides is 1. The summed E-state index contributed by atoms with van der Waals surface area (Å²) in [4.78, 5) is 35.0. The van der Waals surface area contributed by atoms with E-state index < -0.39 is 30.0 Å². The number of carbonyl (C=O) groups is 3. The van der Waals surface area contributed by atoms with Gasteiger partial charge in [0, 0.05) is 0 Å². The molecule has 0 unspecified atom stereocenters. The fourth-order valence-electron chi connectivity index (χ4n) is 1.80. The van der Waals surface area contributed by atoms with Gasteiger partial charge in [-0.3, -0.25) is 9.59 Å². The zero-order valence-electron chi connectivity index (χ0n) is 13.5. The van der Waals surface area contributed by atoms with E-state index in [0.717, 1.165) is 5.56 Å². The van der Waals surface area contributed by atoms with Crippen molar-refractivity contribution in [2.75, 3.05) is 0 Å². The maximum absolute atomic E-state index is 12.1. The number of carbonyl (C=O) groups excluding carboxylic acids is 3. The van der Waals surface area contributed by atoms with Gasteiger partial charge in [0.25, 0.3) is 0 Å². The van der Waals surface area contributed by atoms with E-state index in [0.29, 0.717) is 0 Å². The summed E-state index contributed by atoms with van der Waals surface area (Å²) in [5, 5.41) is 4.96. The highest BCUT2D eigenvalue weighted by molar-refractivity contribution is 5.90. The monoisotopic (exact) mass is 321 g/mol. The lowest BCUT2D eigenvalue weighted by Crippen LogP contribution is -2.54. The summed E-state index contributed by atoms with van der Waals surface area (Å²) in [6.45, 7) is 5.13. The quantitative estimate of drug-likeness (QED) is 0.693. The highest BCUT2D eigenvalue weighted by atomic mass is 16.5. The van der Waals surface area contributed by atoms with Crippen molar-refractivity contribution in [3.63, 3.8) is 0 Å². The van der Waals surface area contributed by atoms with Gasteiger partial charge in [-0.25, -0.2) is 4.79 Å². The van der Waals surface area contributed by atoms with E-state index in [2.05, 4.69) is 10.6 Å². The van der Waals surface area contributed by atoms with E-state index in [9.17, 15) is 14.4 Å². The van der Waals surface area contributed by atoms with Crippen molar-refractivity contribution in [1.82, 2.24) is 10.6 Å². The number of nitrogens with two attached hydrogens (primary N) is 1. The summed E-state index contributed by atoms with van der Waals surface area (Å²) in [6.07, 6.45) is -0.700. The molecule has 4 N–H and O–H groups in total. The summed E-state index contributed by atoms with van der Waals surface area (Å²) >= 11 is 0.